The van der Waals surface area contributed by atoms with E-state index in [4.69, 9.17) is 4.42 Å². The first kappa shape index (κ1) is 40.0. The molecule has 3 heteroatoms. The quantitative estimate of drug-likeness (QED) is 0.121. The summed E-state index contributed by atoms with van der Waals surface area (Å²) in [6, 6.07) is 81.6. The summed E-state index contributed by atoms with van der Waals surface area (Å²) in [6.45, 7) is 6.93. The number of furan rings is 1. The van der Waals surface area contributed by atoms with Gasteiger partial charge in [-0.3, -0.25) is 0 Å². The molecule has 0 unspecified atom stereocenters. The van der Waals surface area contributed by atoms with Gasteiger partial charge in [0.25, 0.3) is 0 Å². The third kappa shape index (κ3) is 8.77. The van der Waals surface area contributed by atoms with Crippen molar-refractivity contribution in [1.29, 1.82) is 0 Å². The molecule has 9 aromatic carbocycles. The predicted octanol–water partition coefficient (Wildman–Crippen LogP) is 17.4. The monoisotopic (exact) mass is 810 g/mol. The van der Waals surface area contributed by atoms with E-state index in [-0.39, 0.29) is 0 Å². The molecule has 10 aromatic rings. The molecule has 302 valence electrons. The van der Waals surface area contributed by atoms with Gasteiger partial charge >= 0.3 is 0 Å². The highest BCUT2D eigenvalue weighted by atomic mass is 16.3. The van der Waals surface area contributed by atoms with Crippen molar-refractivity contribution in [3.8, 4) is 33.4 Å². The van der Waals surface area contributed by atoms with Crippen molar-refractivity contribution in [3.05, 3.63) is 268 Å². The molecule has 0 bridgehead atoms. The maximum atomic E-state index is 6.57. The number of hydrogen-bond acceptors (Lipinski definition) is 3. The van der Waals surface area contributed by atoms with Crippen LogP contribution in [0.5, 0.6) is 0 Å². The van der Waals surface area contributed by atoms with Gasteiger partial charge in [0.1, 0.15) is 11.2 Å². The first-order valence-corrected chi connectivity index (χ1v) is 21.2. The van der Waals surface area contributed by atoms with Crippen LogP contribution in [0.4, 0.5) is 34.1 Å². The average Bonchev–Trinajstić information content (AvgIpc) is 3.74. The number of para-hydroxylation sites is 6. The minimum Gasteiger partial charge on any atom is -0.455 e. The molecule has 0 saturated carbocycles. The minimum atomic E-state index is 0.894. The highest BCUT2D eigenvalue weighted by molar-refractivity contribution is 6.10. The lowest BCUT2D eigenvalue weighted by Gasteiger charge is -2.25. The van der Waals surface area contributed by atoms with Crippen LogP contribution in [-0.4, -0.2) is 0 Å². The SMILES string of the molecule is C=C/C=C\C=C.c1ccc(N(c2ccccc2)c2ccc(-c3cc(-c4ccc(N(c5ccccc5)c5ccccc5)cc4)cc(-c4cccc5c4oc4ccccc45)c3)cc2)cc1. The third-order valence-corrected chi connectivity index (χ3v) is 11.0. The van der Waals surface area contributed by atoms with Crippen molar-refractivity contribution < 1.29 is 4.42 Å². The van der Waals surface area contributed by atoms with Crippen molar-refractivity contribution in [2.24, 2.45) is 0 Å². The molecule has 63 heavy (non-hydrogen) atoms. The Balaban J connectivity index is 0.000000787. The van der Waals surface area contributed by atoms with Crippen molar-refractivity contribution in [2.45, 2.75) is 0 Å². The fraction of sp³-hybridized carbons (Fsp3) is 0. The predicted molar refractivity (Wildman–Crippen MR) is 269 cm³/mol. The molecule has 0 N–H and O–H groups in total. The van der Waals surface area contributed by atoms with Gasteiger partial charge in [0.05, 0.1) is 0 Å². The van der Waals surface area contributed by atoms with E-state index in [0.717, 1.165) is 89.4 Å². The van der Waals surface area contributed by atoms with Gasteiger partial charge in [-0.15, -0.1) is 0 Å². The molecule has 0 saturated heterocycles. The Morgan fingerprint density at radius 3 is 1.11 bits per heavy atom. The van der Waals surface area contributed by atoms with Gasteiger partial charge in [0.15, 0.2) is 0 Å². The molecule has 3 nitrogen and oxygen atoms in total. The van der Waals surface area contributed by atoms with E-state index < -0.39 is 0 Å². The topological polar surface area (TPSA) is 19.6 Å². The normalized spacial score (nSPS) is 10.9. The molecule has 0 radical (unpaired) electrons. The zero-order valence-electron chi connectivity index (χ0n) is 35.0. The summed E-state index contributed by atoms with van der Waals surface area (Å²) in [7, 11) is 0. The number of anilines is 6. The summed E-state index contributed by atoms with van der Waals surface area (Å²) in [6.07, 6.45) is 7.07. The van der Waals surface area contributed by atoms with E-state index in [9.17, 15) is 0 Å². The lowest BCUT2D eigenvalue weighted by atomic mass is 9.92. The molecule has 10 rings (SSSR count). The molecule has 0 aliphatic carbocycles. The van der Waals surface area contributed by atoms with Crippen LogP contribution < -0.4 is 9.80 Å². The van der Waals surface area contributed by atoms with Crippen LogP contribution in [0.2, 0.25) is 0 Å². The molecule has 0 atom stereocenters. The summed E-state index contributed by atoms with van der Waals surface area (Å²) in [5, 5.41) is 2.24. The lowest BCUT2D eigenvalue weighted by molar-refractivity contribution is 0.670. The average molecular weight is 811 g/mol. The van der Waals surface area contributed by atoms with Crippen LogP contribution in [0, 0.1) is 0 Å². The smallest absolute Gasteiger partial charge is 0.143 e. The molecular formula is C60H46N2O. The van der Waals surface area contributed by atoms with E-state index >= 15 is 0 Å². The minimum absolute atomic E-state index is 0.894. The fourth-order valence-electron chi connectivity index (χ4n) is 8.06. The number of benzene rings is 9. The van der Waals surface area contributed by atoms with Crippen LogP contribution in [0.25, 0.3) is 55.3 Å². The van der Waals surface area contributed by atoms with Crippen molar-refractivity contribution in [2.75, 3.05) is 9.80 Å². The Bertz CT molecular complexity index is 2880. The van der Waals surface area contributed by atoms with Gasteiger partial charge in [-0.2, -0.15) is 0 Å². The van der Waals surface area contributed by atoms with Crippen LogP contribution in [0.15, 0.2) is 272 Å². The first-order valence-electron chi connectivity index (χ1n) is 21.2. The maximum absolute atomic E-state index is 6.57. The molecule has 0 amide bonds. The number of fused-ring (bicyclic) bond motifs is 3. The van der Waals surface area contributed by atoms with Gasteiger partial charge in [-0.25, -0.2) is 0 Å². The Kier molecular flexibility index (Phi) is 12.0. The van der Waals surface area contributed by atoms with Crippen molar-refractivity contribution >= 4 is 56.1 Å². The summed E-state index contributed by atoms with van der Waals surface area (Å²) < 4.78 is 6.57. The van der Waals surface area contributed by atoms with Gasteiger partial charge < -0.3 is 14.2 Å². The second-order valence-corrected chi connectivity index (χ2v) is 15.0. The van der Waals surface area contributed by atoms with E-state index in [1.165, 1.54) is 0 Å². The Morgan fingerprint density at radius 2 is 0.683 bits per heavy atom. The van der Waals surface area contributed by atoms with E-state index in [0.29, 0.717) is 0 Å². The highest BCUT2D eigenvalue weighted by Crippen LogP contribution is 2.42. The molecule has 0 aliphatic heterocycles. The van der Waals surface area contributed by atoms with Crippen molar-refractivity contribution in [3.63, 3.8) is 0 Å². The zero-order chi connectivity index (χ0) is 42.8. The molecule has 0 spiro atoms. The van der Waals surface area contributed by atoms with Gasteiger partial charge in [0, 0.05) is 50.5 Å². The van der Waals surface area contributed by atoms with E-state index in [2.05, 4.69) is 241 Å². The Labute approximate surface area is 370 Å². The van der Waals surface area contributed by atoms with Crippen LogP contribution in [-0.2, 0) is 0 Å². The standard InChI is InChI=1S/C54H38N2O.C6H8/c1-5-16-44(17-6-1)55(45-18-7-2-8-19-45)48-32-28-39(29-33-48)41-36-42(38-43(37-41)50-25-15-26-52-51-24-13-14-27-53(51)57-54(50)52)40-30-34-49(35-31-40)56(46-20-9-3-10-21-46)47-22-11-4-12-23-47;1-3-5-6-4-2/h1-38H;3-6H,1-2H2/b;6-5-. The number of rotatable bonds is 11. The molecule has 1 aromatic heterocycles. The second-order valence-electron chi connectivity index (χ2n) is 15.0. The summed E-state index contributed by atoms with van der Waals surface area (Å²) in [4.78, 5) is 4.59. The van der Waals surface area contributed by atoms with E-state index in [1.54, 1.807) is 12.2 Å². The maximum Gasteiger partial charge on any atom is 0.143 e. The molecule has 0 fully saturated rings. The van der Waals surface area contributed by atoms with Crippen molar-refractivity contribution in [1.82, 2.24) is 0 Å². The Hall–Kier alpha value is -8.40. The van der Waals surface area contributed by atoms with Gasteiger partial charge in [-0.05, 0) is 125 Å². The largest absolute Gasteiger partial charge is 0.455 e. The Morgan fingerprint density at radius 1 is 0.317 bits per heavy atom. The van der Waals surface area contributed by atoms with Gasteiger partial charge in [0.2, 0.25) is 0 Å². The summed E-state index contributed by atoms with van der Waals surface area (Å²) in [5.41, 5.74) is 15.1. The second kappa shape index (κ2) is 18.9. The molecular weight excluding hydrogens is 765 g/mol. The third-order valence-electron chi connectivity index (χ3n) is 11.0. The molecule has 1 heterocycles. The zero-order valence-corrected chi connectivity index (χ0v) is 35.0. The van der Waals surface area contributed by atoms with Crippen LogP contribution in [0.1, 0.15) is 0 Å². The summed E-state index contributed by atoms with van der Waals surface area (Å²) in [5.74, 6) is 0. The van der Waals surface area contributed by atoms with Gasteiger partial charge in [-0.1, -0.05) is 171 Å². The molecule has 0 aliphatic rings. The van der Waals surface area contributed by atoms with E-state index in [1.807, 2.05) is 24.3 Å². The van der Waals surface area contributed by atoms with Crippen LogP contribution >= 0.6 is 0 Å². The highest BCUT2D eigenvalue weighted by Gasteiger charge is 2.17. The summed E-state index contributed by atoms with van der Waals surface area (Å²) >= 11 is 0. The first-order chi connectivity index (χ1) is 31.2. The van der Waals surface area contributed by atoms with Crippen LogP contribution in [0.3, 0.4) is 0 Å². The number of nitrogens with zero attached hydrogens (tertiary/aromatic N) is 2. The number of allylic oxidation sites excluding steroid dienone is 4. The lowest BCUT2D eigenvalue weighted by Crippen LogP contribution is -2.09. The number of hydrogen-bond donors (Lipinski definition) is 0. The fourth-order valence-corrected chi connectivity index (χ4v) is 8.06.